The van der Waals surface area contributed by atoms with E-state index in [4.69, 9.17) is 0 Å². The number of hydrogen-bond donors (Lipinski definition) is 6. The highest BCUT2D eigenvalue weighted by Gasteiger charge is 2.46. The van der Waals surface area contributed by atoms with Crippen molar-refractivity contribution in [3.8, 4) is 17.2 Å². The van der Waals surface area contributed by atoms with Crippen molar-refractivity contribution in [1.82, 2.24) is 0 Å². The summed E-state index contributed by atoms with van der Waals surface area (Å²) in [6.45, 7) is 1.71. The number of hydrogen-bond acceptors (Lipinski definition) is 6. The molecule has 0 aromatic heterocycles. The van der Waals surface area contributed by atoms with Crippen molar-refractivity contribution in [1.29, 1.82) is 0 Å². The molecule has 144 valence electrons. The SMILES string of the molecule is Cc1cc(O)c(C2=C(O)C=C(I)C3C=C(O)C=CC23O)c2c(O)cc(O)cc12. The maximum atomic E-state index is 11.5. The summed E-state index contributed by atoms with van der Waals surface area (Å²) in [6, 6.07) is 4.02. The minimum absolute atomic E-state index is 0.00130. The third kappa shape index (κ3) is 2.57. The lowest BCUT2D eigenvalue weighted by atomic mass is 9.71. The van der Waals surface area contributed by atoms with Gasteiger partial charge in [-0.3, -0.25) is 0 Å². The molecule has 7 heteroatoms. The van der Waals surface area contributed by atoms with Crippen molar-refractivity contribution in [2.75, 3.05) is 0 Å². The van der Waals surface area contributed by atoms with Crippen LogP contribution >= 0.6 is 22.6 Å². The minimum Gasteiger partial charge on any atom is -0.508 e. The number of halogens is 1. The van der Waals surface area contributed by atoms with Gasteiger partial charge in [0, 0.05) is 32.1 Å². The number of aliphatic hydroxyl groups excluding tert-OH is 2. The molecule has 0 spiro atoms. The van der Waals surface area contributed by atoms with E-state index in [0.717, 1.165) is 6.07 Å². The van der Waals surface area contributed by atoms with Crippen molar-refractivity contribution in [2.45, 2.75) is 12.5 Å². The summed E-state index contributed by atoms with van der Waals surface area (Å²) in [5.41, 5.74) is -1.10. The Morgan fingerprint density at radius 3 is 2.43 bits per heavy atom. The first-order chi connectivity index (χ1) is 13.1. The molecule has 0 heterocycles. The summed E-state index contributed by atoms with van der Waals surface area (Å²) in [5.74, 6) is -1.66. The fourth-order valence-corrected chi connectivity index (χ4v) is 4.90. The molecule has 0 aliphatic heterocycles. The molecule has 2 unspecified atom stereocenters. The molecule has 0 amide bonds. The van der Waals surface area contributed by atoms with Gasteiger partial charge in [0.05, 0.1) is 0 Å². The van der Waals surface area contributed by atoms with E-state index in [1.807, 2.05) is 22.6 Å². The molecule has 0 bridgehead atoms. The summed E-state index contributed by atoms with van der Waals surface area (Å²) in [7, 11) is 0. The first kappa shape index (κ1) is 18.7. The number of rotatable bonds is 1. The summed E-state index contributed by atoms with van der Waals surface area (Å²) < 4.78 is 0.593. The second-order valence-corrected chi connectivity index (χ2v) is 8.24. The summed E-state index contributed by atoms with van der Waals surface area (Å²) in [5, 5.41) is 63.9. The van der Waals surface area contributed by atoms with Crippen LogP contribution in [0.15, 0.2) is 57.6 Å². The predicted molar refractivity (Wildman–Crippen MR) is 114 cm³/mol. The average molecular weight is 492 g/mol. The molecule has 6 N–H and O–H groups in total. The lowest BCUT2D eigenvalue weighted by Gasteiger charge is -2.39. The highest BCUT2D eigenvalue weighted by atomic mass is 127. The second kappa shape index (κ2) is 6.18. The molecule has 4 rings (SSSR count). The van der Waals surface area contributed by atoms with E-state index in [2.05, 4.69) is 0 Å². The number of aliphatic hydroxyl groups is 3. The van der Waals surface area contributed by atoms with E-state index < -0.39 is 11.5 Å². The molecule has 2 aliphatic carbocycles. The van der Waals surface area contributed by atoms with Crippen LogP contribution in [-0.4, -0.2) is 36.2 Å². The van der Waals surface area contributed by atoms with Crippen LogP contribution in [-0.2, 0) is 0 Å². The molecule has 28 heavy (non-hydrogen) atoms. The van der Waals surface area contributed by atoms with Gasteiger partial charge in [0.15, 0.2) is 0 Å². The van der Waals surface area contributed by atoms with Gasteiger partial charge in [-0.05, 0) is 76.9 Å². The Kier molecular flexibility index (Phi) is 4.13. The molecule has 0 radical (unpaired) electrons. The van der Waals surface area contributed by atoms with Crippen molar-refractivity contribution >= 4 is 38.9 Å². The molecule has 6 nitrogen and oxygen atoms in total. The van der Waals surface area contributed by atoms with E-state index in [-0.39, 0.29) is 45.3 Å². The van der Waals surface area contributed by atoms with Gasteiger partial charge in [0.1, 0.15) is 34.4 Å². The Bertz CT molecular complexity index is 1160. The summed E-state index contributed by atoms with van der Waals surface area (Å²) in [6.07, 6.45) is 5.58. The van der Waals surface area contributed by atoms with Gasteiger partial charge in [0.25, 0.3) is 0 Å². The van der Waals surface area contributed by atoms with Gasteiger partial charge in [-0.25, -0.2) is 0 Å². The monoisotopic (exact) mass is 492 g/mol. The number of fused-ring (bicyclic) bond motifs is 2. The third-order valence-electron chi connectivity index (χ3n) is 5.18. The Hall–Kier alpha value is -2.65. The normalized spacial score (nSPS) is 24.2. The fraction of sp³-hybridized carbons (Fsp3) is 0.143. The molecule has 2 atom stereocenters. The van der Waals surface area contributed by atoms with Gasteiger partial charge in [-0.1, -0.05) is 0 Å². The molecular formula is C21H17IO6. The van der Waals surface area contributed by atoms with Crippen molar-refractivity contribution in [3.05, 3.63) is 68.7 Å². The van der Waals surface area contributed by atoms with Gasteiger partial charge >= 0.3 is 0 Å². The Labute approximate surface area is 173 Å². The van der Waals surface area contributed by atoms with Crippen LogP contribution < -0.4 is 0 Å². The zero-order valence-electron chi connectivity index (χ0n) is 14.7. The van der Waals surface area contributed by atoms with Crippen LogP contribution in [0.2, 0.25) is 0 Å². The highest BCUT2D eigenvalue weighted by Crippen LogP contribution is 2.53. The van der Waals surface area contributed by atoms with E-state index in [1.54, 1.807) is 6.92 Å². The molecule has 0 saturated heterocycles. The molecule has 0 fully saturated rings. The molecule has 2 aromatic rings. The topological polar surface area (TPSA) is 121 Å². The number of allylic oxidation sites excluding steroid dienone is 2. The van der Waals surface area contributed by atoms with E-state index in [1.165, 1.54) is 36.4 Å². The van der Waals surface area contributed by atoms with Gasteiger partial charge < -0.3 is 30.6 Å². The number of phenols is 3. The third-order valence-corrected chi connectivity index (χ3v) is 6.17. The van der Waals surface area contributed by atoms with E-state index in [9.17, 15) is 30.6 Å². The summed E-state index contributed by atoms with van der Waals surface area (Å²) >= 11 is 1.97. The van der Waals surface area contributed by atoms with Crippen LogP contribution in [0.3, 0.4) is 0 Å². The summed E-state index contributed by atoms with van der Waals surface area (Å²) in [4.78, 5) is 0. The molecule has 2 aliphatic rings. The van der Waals surface area contributed by atoms with Gasteiger partial charge in [-0.2, -0.15) is 0 Å². The van der Waals surface area contributed by atoms with Gasteiger partial charge in [-0.15, -0.1) is 0 Å². The first-order valence-electron chi connectivity index (χ1n) is 8.45. The van der Waals surface area contributed by atoms with Crippen LogP contribution in [0, 0.1) is 12.8 Å². The van der Waals surface area contributed by atoms with Crippen molar-refractivity contribution in [3.63, 3.8) is 0 Å². The lowest BCUT2D eigenvalue weighted by Crippen LogP contribution is -2.41. The zero-order valence-corrected chi connectivity index (χ0v) is 16.8. The minimum atomic E-state index is -1.76. The van der Waals surface area contributed by atoms with E-state index >= 15 is 0 Å². The van der Waals surface area contributed by atoms with Crippen LogP contribution in [0.5, 0.6) is 17.2 Å². The molecular weight excluding hydrogens is 475 g/mol. The number of aryl methyl sites for hydroxylation is 1. The van der Waals surface area contributed by atoms with Crippen LogP contribution in [0.25, 0.3) is 16.3 Å². The first-order valence-corrected chi connectivity index (χ1v) is 9.53. The maximum absolute atomic E-state index is 11.5. The smallest absolute Gasteiger partial charge is 0.127 e. The Morgan fingerprint density at radius 1 is 1.00 bits per heavy atom. The largest absolute Gasteiger partial charge is 0.508 e. The number of aromatic hydroxyl groups is 3. The van der Waals surface area contributed by atoms with Crippen LogP contribution in [0.4, 0.5) is 0 Å². The number of benzene rings is 2. The molecule has 0 saturated carbocycles. The Morgan fingerprint density at radius 2 is 1.71 bits per heavy atom. The highest BCUT2D eigenvalue weighted by molar-refractivity contribution is 14.1. The average Bonchev–Trinajstić information content (AvgIpc) is 2.59. The molecule has 2 aromatic carbocycles. The lowest BCUT2D eigenvalue weighted by molar-refractivity contribution is 0.115. The Balaban J connectivity index is 2.13. The second-order valence-electron chi connectivity index (χ2n) is 6.99. The van der Waals surface area contributed by atoms with Gasteiger partial charge in [0.2, 0.25) is 0 Å². The standard InChI is InChI=1S/C21H17IO6/c1-9-4-15(25)19(18-12(9)5-11(24)7-16(18)26)20-17(27)8-14(22)13-6-10(23)2-3-21(13,20)28/h2-8,13,23-28H,1H3. The van der Waals surface area contributed by atoms with E-state index in [0.29, 0.717) is 14.5 Å². The quantitative estimate of drug-likeness (QED) is 0.332. The zero-order chi connectivity index (χ0) is 20.4. The van der Waals surface area contributed by atoms with Crippen molar-refractivity contribution < 1.29 is 30.6 Å². The van der Waals surface area contributed by atoms with Crippen molar-refractivity contribution in [2.24, 2.45) is 5.92 Å². The predicted octanol–water partition coefficient (Wildman–Crippen LogP) is 4.23. The maximum Gasteiger partial charge on any atom is 0.127 e. The number of phenolic OH excluding ortho intramolecular Hbond substituents is 3. The van der Waals surface area contributed by atoms with Crippen LogP contribution in [0.1, 0.15) is 11.1 Å². The fourth-order valence-electron chi connectivity index (χ4n) is 3.95.